The Morgan fingerprint density at radius 1 is 1.33 bits per heavy atom. The van der Waals surface area contributed by atoms with E-state index in [1.165, 1.54) is 0 Å². The van der Waals surface area contributed by atoms with Crippen LogP contribution in [0.15, 0.2) is 12.3 Å². The Kier molecular flexibility index (Phi) is 3.56. The number of nitrogens with zero attached hydrogens (tertiary/aromatic N) is 2. The Morgan fingerprint density at radius 2 is 1.92 bits per heavy atom. The van der Waals surface area contributed by atoms with Crippen molar-refractivity contribution >= 4 is 0 Å². The molecule has 0 atom stereocenters. The largest absolute Gasteiger partial charge is 0.395 e. The van der Waals surface area contributed by atoms with Crippen LogP contribution in [0.1, 0.15) is 6.92 Å². The van der Waals surface area contributed by atoms with Gasteiger partial charge in [-0.3, -0.25) is 4.90 Å². The molecule has 3 heteroatoms. The van der Waals surface area contributed by atoms with Crippen molar-refractivity contribution in [3.63, 3.8) is 0 Å². The molecule has 0 unspecified atom stereocenters. The van der Waals surface area contributed by atoms with Crippen molar-refractivity contribution in [3.05, 3.63) is 12.3 Å². The molecule has 0 spiro atoms. The molecule has 12 heavy (non-hydrogen) atoms. The molecule has 1 fully saturated rings. The quantitative estimate of drug-likeness (QED) is 0.652. The van der Waals surface area contributed by atoms with Gasteiger partial charge in [-0.15, -0.1) is 0 Å². The Morgan fingerprint density at radius 3 is 2.33 bits per heavy atom. The lowest BCUT2D eigenvalue weighted by Crippen LogP contribution is -2.46. The van der Waals surface area contributed by atoms with E-state index in [0.717, 1.165) is 38.4 Å². The molecule has 1 N–H and O–H groups in total. The van der Waals surface area contributed by atoms with Gasteiger partial charge < -0.3 is 10.0 Å². The minimum absolute atomic E-state index is 0.271. The molecule has 0 aromatic rings. The molecule has 1 saturated heterocycles. The third kappa shape index (κ3) is 2.50. The second kappa shape index (κ2) is 4.48. The first-order valence-corrected chi connectivity index (χ1v) is 4.47. The average molecular weight is 170 g/mol. The maximum Gasteiger partial charge on any atom is 0.0558 e. The fourth-order valence-corrected chi connectivity index (χ4v) is 1.49. The second-order valence-electron chi connectivity index (χ2n) is 3.29. The molecule has 1 rings (SSSR count). The van der Waals surface area contributed by atoms with Gasteiger partial charge in [-0.05, 0) is 6.92 Å². The topological polar surface area (TPSA) is 26.7 Å². The van der Waals surface area contributed by atoms with E-state index in [9.17, 15) is 0 Å². The number of hydrogen-bond donors (Lipinski definition) is 1. The Bertz CT molecular complexity index is 151. The van der Waals surface area contributed by atoms with Gasteiger partial charge in [0.25, 0.3) is 0 Å². The van der Waals surface area contributed by atoms with E-state index in [4.69, 9.17) is 5.11 Å². The maximum atomic E-state index is 8.72. The first kappa shape index (κ1) is 9.55. The van der Waals surface area contributed by atoms with Gasteiger partial charge in [0.2, 0.25) is 0 Å². The molecule has 0 aliphatic carbocycles. The predicted octanol–water partition coefficient (Wildman–Crippen LogP) is 0.130. The number of aliphatic hydroxyl groups is 1. The van der Waals surface area contributed by atoms with Crippen molar-refractivity contribution in [1.29, 1.82) is 0 Å². The van der Waals surface area contributed by atoms with E-state index in [0.29, 0.717) is 0 Å². The maximum absolute atomic E-state index is 8.72. The van der Waals surface area contributed by atoms with Crippen LogP contribution in [-0.2, 0) is 0 Å². The summed E-state index contributed by atoms with van der Waals surface area (Å²) in [5.74, 6) is 0. The standard InChI is InChI=1S/C9H18N2O/c1-9(2)11-5-3-10(4-6-11)7-8-12/h12H,1,3-8H2,2H3. The summed E-state index contributed by atoms with van der Waals surface area (Å²) in [4.78, 5) is 4.56. The summed E-state index contributed by atoms with van der Waals surface area (Å²) in [6, 6.07) is 0. The zero-order valence-electron chi connectivity index (χ0n) is 7.79. The number of β-amino-alcohol motifs (C(OH)–C–C–N with tert-alkyl or cyclic N) is 1. The molecule has 70 valence electrons. The number of aliphatic hydroxyl groups excluding tert-OH is 1. The SMILES string of the molecule is C=C(C)N1CCN(CCO)CC1. The van der Waals surface area contributed by atoms with Crippen LogP contribution in [0.3, 0.4) is 0 Å². The molecule has 0 amide bonds. The zero-order chi connectivity index (χ0) is 8.97. The Balaban J connectivity index is 2.25. The van der Waals surface area contributed by atoms with Gasteiger partial charge in [0.1, 0.15) is 0 Å². The van der Waals surface area contributed by atoms with Crippen LogP contribution in [0.25, 0.3) is 0 Å². The molecular formula is C9H18N2O. The normalized spacial score (nSPS) is 19.7. The molecule has 1 aliphatic heterocycles. The lowest BCUT2D eigenvalue weighted by Gasteiger charge is -2.35. The van der Waals surface area contributed by atoms with Crippen molar-refractivity contribution in [2.75, 3.05) is 39.3 Å². The summed E-state index contributed by atoms with van der Waals surface area (Å²) in [7, 11) is 0. The Labute approximate surface area is 74.3 Å². The summed E-state index contributed by atoms with van der Waals surface area (Å²) >= 11 is 0. The zero-order valence-corrected chi connectivity index (χ0v) is 7.79. The highest BCUT2D eigenvalue weighted by Gasteiger charge is 2.14. The average Bonchev–Trinajstić information content (AvgIpc) is 2.06. The van der Waals surface area contributed by atoms with E-state index < -0.39 is 0 Å². The monoisotopic (exact) mass is 170 g/mol. The van der Waals surface area contributed by atoms with Crippen molar-refractivity contribution in [2.24, 2.45) is 0 Å². The molecule has 0 radical (unpaired) electrons. The van der Waals surface area contributed by atoms with E-state index >= 15 is 0 Å². The lowest BCUT2D eigenvalue weighted by atomic mass is 10.3. The molecule has 0 aromatic carbocycles. The van der Waals surface area contributed by atoms with Gasteiger partial charge in [-0.25, -0.2) is 0 Å². The Hall–Kier alpha value is -0.540. The van der Waals surface area contributed by atoms with Crippen molar-refractivity contribution < 1.29 is 5.11 Å². The highest BCUT2D eigenvalue weighted by Crippen LogP contribution is 2.06. The predicted molar refractivity (Wildman–Crippen MR) is 49.9 cm³/mol. The molecule has 1 aliphatic rings. The smallest absolute Gasteiger partial charge is 0.0558 e. The van der Waals surface area contributed by atoms with Gasteiger partial charge in [0.05, 0.1) is 6.61 Å². The highest BCUT2D eigenvalue weighted by molar-refractivity contribution is 4.91. The first-order valence-electron chi connectivity index (χ1n) is 4.47. The van der Waals surface area contributed by atoms with Gasteiger partial charge >= 0.3 is 0 Å². The van der Waals surface area contributed by atoms with Crippen LogP contribution in [0, 0.1) is 0 Å². The number of allylic oxidation sites excluding steroid dienone is 1. The molecule has 3 nitrogen and oxygen atoms in total. The summed E-state index contributed by atoms with van der Waals surface area (Å²) in [5, 5.41) is 8.72. The fourth-order valence-electron chi connectivity index (χ4n) is 1.49. The van der Waals surface area contributed by atoms with E-state index in [1.807, 2.05) is 6.92 Å². The lowest BCUT2D eigenvalue weighted by molar-refractivity contribution is 0.132. The van der Waals surface area contributed by atoms with E-state index in [1.54, 1.807) is 0 Å². The number of piperazine rings is 1. The van der Waals surface area contributed by atoms with Crippen molar-refractivity contribution in [1.82, 2.24) is 9.80 Å². The van der Waals surface area contributed by atoms with Gasteiger partial charge in [0.15, 0.2) is 0 Å². The third-order valence-electron chi connectivity index (χ3n) is 2.33. The first-order chi connectivity index (χ1) is 5.74. The fraction of sp³-hybridized carbons (Fsp3) is 0.778. The summed E-state index contributed by atoms with van der Waals surface area (Å²) < 4.78 is 0. The highest BCUT2D eigenvalue weighted by atomic mass is 16.3. The second-order valence-corrected chi connectivity index (χ2v) is 3.29. The van der Waals surface area contributed by atoms with E-state index in [-0.39, 0.29) is 6.61 Å². The third-order valence-corrected chi connectivity index (χ3v) is 2.33. The van der Waals surface area contributed by atoms with Crippen LogP contribution in [0.2, 0.25) is 0 Å². The summed E-state index contributed by atoms with van der Waals surface area (Å²) in [5.41, 5.74) is 1.15. The van der Waals surface area contributed by atoms with Gasteiger partial charge in [-0.1, -0.05) is 6.58 Å². The number of rotatable bonds is 3. The van der Waals surface area contributed by atoms with Gasteiger partial charge in [-0.2, -0.15) is 0 Å². The van der Waals surface area contributed by atoms with Crippen LogP contribution in [0.5, 0.6) is 0 Å². The minimum Gasteiger partial charge on any atom is -0.395 e. The van der Waals surface area contributed by atoms with Gasteiger partial charge in [0, 0.05) is 38.4 Å². The molecule has 0 saturated carbocycles. The van der Waals surface area contributed by atoms with Crippen molar-refractivity contribution in [3.8, 4) is 0 Å². The molecule has 0 bridgehead atoms. The summed E-state index contributed by atoms with van der Waals surface area (Å²) in [6.45, 7) is 11.2. The van der Waals surface area contributed by atoms with Crippen LogP contribution < -0.4 is 0 Å². The summed E-state index contributed by atoms with van der Waals surface area (Å²) in [6.07, 6.45) is 0. The molecule has 1 heterocycles. The van der Waals surface area contributed by atoms with Crippen LogP contribution in [-0.4, -0.2) is 54.2 Å². The van der Waals surface area contributed by atoms with E-state index in [2.05, 4.69) is 16.4 Å². The molecular weight excluding hydrogens is 152 g/mol. The van der Waals surface area contributed by atoms with Crippen LogP contribution >= 0.6 is 0 Å². The molecule has 0 aromatic heterocycles. The van der Waals surface area contributed by atoms with Crippen molar-refractivity contribution in [2.45, 2.75) is 6.92 Å². The number of hydrogen-bond acceptors (Lipinski definition) is 3. The minimum atomic E-state index is 0.271. The van der Waals surface area contributed by atoms with Crippen LogP contribution in [0.4, 0.5) is 0 Å².